The molecule has 2 unspecified atom stereocenters. The molecule has 0 aliphatic carbocycles. The summed E-state index contributed by atoms with van der Waals surface area (Å²) in [5, 5.41) is 10.5. The van der Waals surface area contributed by atoms with E-state index >= 15 is 0 Å². The molecule has 1 aromatic carbocycles. The molecule has 1 aromatic rings. The number of hydrogen-bond acceptors (Lipinski definition) is 2. The quantitative estimate of drug-likeness (QED) is 0.834. The van der Waals surface area contributed by atoms with Gasteiger partial charge in [0.05, 0.1) is 6.10 Å². The molecule has 0 bridgehead atoms. The molecule has 0 heterocycles. The summed E-state index contributed by atoms with van der Waals surface area (Å²) in [5.74, 6) is 0.287. The first-order valence-corrected chi connectivity index (χ1v) is 7.16. The van der Waals surface area contributed by atoms with Crippen molar-refractivity contribution in [3.8, 4) is 0 Å². The lowest BCUT2D eigenvalue weighted by atomic mass is 9.92. The van der Waals surface area contributed by atoms with Crippen molar-refractivity contribution < 1.29 is 9.84 Å². The topological polar surface area (TPSA) is 29.5 Å². The molecule has 0 aromatic heterocycles. The van der Waals surface area contributed by atoms with Crippen LogP contribution in [0.2, 0.25) is 0 Å². The molecular weight excluding hydrogens is 236 g/mol. The van der Waals surface area contributed by atoms with Crippen LogP contribution in [0.5, 0.6) is 0 Å². The smallest absolute Gasteiger partial charge is 0.105 e. The Morgan fingerprint density at radius 3 is 2.16 bits per heavy atom. The Balaban J connectivity index is 2.62. The third kappa shape index (κ3) is 5.75. The van der Waals surface area contributed by atoms with E-state index < -0.39 is 6.10 Å². The molecule has 1 rings (SSSR count). The minimum absolute atomic E-state index is 0.148. The van der Waals surface area contributed by atoms with Crippen molar-refractivity contribution in [2.24, 2.45) is 11.3 Å². The lowest BCUT2D eigenvalue weighted by Crippen LogP contribution is -2.29. The normalized spacial score (nSPS) is 15.5. The highest BCUT2D eigenvalue weighted by atomic mass is 16.5. The fourth-order valence-corrected chi connectivity index (χ4v) is 1.99. The number of aliphatic hydroxyl groups excluding tert-OH is 1. The molecule has 2 nitrogen and oxygen atoms in total. The third-order valence-electron chi connectivity index (χ3n) is 3.27. The van der Waals surface area contributed by atoms with Crippen molar-refractivity contribution in [1.82, 2.24) is 0 Å². The van der Waals surface area contributed by atoms with Crippen molar-refractivity contribution in [3.63, 3.8) is 0 Å². The Morgan fingerprint density at radius 2 is 1.68 bits per heavy atom. The van der Waals surface area contributed by atoms with Crippen molar-refractivity contribution in [1.29, 1.82) is 0 Å². The molecule has 0 saturated carbocycles. The predicted molar refractivity (Wildman–Crippen MR) is 80.1 cm³/mol. The van der Waals surface area contributed by atoms with Gasteiger partial charge in [-0.1, -0.05) is 65.0 Å². The summed E-state index contributed by atoms with van der Waals surface area (Å²) in [7, 11) is 0. The maximum absolute atomic E-state index is 10.5. The van der Waals surface area contributed by atoms with E-state index in [1.807, 2.05) is 30.3 Å². The van der Waals surface area contributed by atoms with Crippen LogP contribution in [0.15, 0.2) is 30.3 Å². The minimum Gasteiger partial charge on any atom is -0.386 e. The van der Waals surface area contributed by atoms with Crippen LogP contribution in [0, 0.1) is 11.3 Å². The Labute approximate surface area is 117 Å². The van der Waals surface area contributed by atoms with Gasteiger partial charge in [0.25, 0.3) is 0 Å². The van der Waals surface area contributed by atoms with E-state index in [4.69, 9.17) is 4.74 Å². The van der Waals surface area contributed by atoms with Crippen molar-refractivity contribution in [3.05, 3.63) is 35.9 Å². The summed E-state index contributed by atoms with van der Waals surface area (Å²) in [6.45, 7) is 11.5. The molecule has 0 spiro atoms. The van der Waals surface area contributed by atoms with Crippen LogP contribution in [0.3, 0.4) is 0 Å². The Hall–Kier alpha value is -0.860. The van der Waals surface area contributed by atoms with Gasteiger partial charge in [0, 0.05) is 6.61 Å². The first-order chi connectivity index (χ1) is 8.81. The molecule has 1 N–H and O–H groups in total. The minimum atomic E-state index is -0.554. The van der Waals surface area contributed by atoms with Crippen molar-refractivity contribution >= 4 is 0 Å². The van der Waals surface area contributed by atoms with Crippen molar-refractivity contribution in [2.45, 2.75) is 53.2 Å². The van der Waals surface area contributed by atoms with E-state index in [0.717, 1.165) is 12.0 Å². The molecule has 0 saturated heterocycles. The average molecular weight is 264 g/mol. The fourth-order valence-electron chi connectivity index (χ4n) is 1.99. The summed E-state index contributed by atoms with van der Waals surface area (Å²) in [5.41, 5.74) is 1.19. The van der Waals surface area contributed by atoms with Gasteiger partial charge in [-0.2, -0.15) is 0 Å². The molecule has 0 fully saturated rings. The van der Waals surface area contributed by atoms with E-state index in [0.29, 0.717) is 6.61 Å². The average Bonchev–Trinajstić information content (AvgIpc) is 2.33. The second kappa shape index (κ2) is 7.06. The van der Waals surface area contributed by atoms with E-state index in [1.165, 1.54) is 0 Å². The number of benzene rings is 1. The van der Waals surface area contributed by atoms with E-state index in [2.05, 4.69) is 34.6 Å². The lowest BCUT2D eigenvalue weighted by molar-refractivity contribution is -0.0687. The summed E-state index contributed by atoms with van der Waals surface area (Å²) in [4.78, 5) is 0. The second-order valence-corrected chi connectivity index (χ2v) is 6.75. The number of rotatable bonds is 6. The largest absolute Gasteiger partial charge is 0.386 e. The van der Waals surface area contributed by atoms with Crippen LogP contribution < -0.4 is 0 Å². The van der Waals surface area contributed by atoms with Gasteiger partial charge < -0.3 is 9.84 Å². The fraction of sp³-hybridized carbons (Fsp3) is 0.647. The van der Waals surface area contributed by atoms with Gasteiger partial charge in [0.1, 0.15) is 6.10 Å². The highest BCUT2D eigenvalue weighted by molar-refractivity contribution is 5.18. The zero-order valence-electron chi connectivity index (χ0n) is 12.9. The van der Waals surface area contributed by atoms with E-state index in [1.54, 1.807) is 0 Å². The third-order valence-corrected chi connectivity index (χ3v) is 3.27. The maximum atomic E-state index is 10.5. The van der Waals surface area contributed by atoms with Crippen LogP contribution in [-0.2, 0) is 4.74 Å². The standard InChI is InChI=1S/C17H28O2/c1-13(2)16(19-12-11-17(3,4)5)15(18)14-9-7-6-8-10-14/h6-10,13,15-16,18H,11-12H2,1-5H3. The molecule has 0 aliphatic rings. The monoisotopic (exact) mass is 264 g/mol. The van der Waals surface area contributed by atoms with Gasteiger partial charge in [-0.3, -0.25) is 0 Å². The van der Waals surface area contributed by atoms with Gasteiger partial charge in [-0.25, -0.2) is 0 Å². The van der Waals surface area contributed by atoms with Crippen LogP contribution in [-0.4, -0.2) is 17.8 Å². The molecule has 19 heavy (non-hydrogen) atoms. The van der Waals surface area contributed by atoms with Gasteiger partial charge in [-0.15, -0.1) is 0 Å². The maximum Gasteiger partial charge on any atom is 0.105 e. The molecule has 0 amide bonds. The molecule has 2 heteroatoms. The molecule has 108 valence electrons. The van der Waals surface area contributed by atoms with Crippen LogP contribution in [0.1, 0.15) is 52.7 Å². The highest BCUT2D eigenvalue weighted by Crippen LogP contribution is 2.26. The Kier molecular flexibility index (Phi) is 6.02. The molecule has 2 atom stereocenters. The van der Waals surface area contributed by atoms with Crippen LogP contribution in [0.4, 0.5) is 0 Å². The van der Waals surface area contributed by atoms with Gasteiger partial charge in [0.2, 0.25) is 0 Å². The summed E-state index contributed by atoms with van der Waals surface area (Å²) in [6, 6.07) is 9.76. The van der Waals surface area contributed by atoms with E-state index in [-0.39, 0.29) is 17.4 Å². The van der Waals surface area contributed by atoms with Gasteiger partial charge >= 0.3 is 0 Å². The zero-order chi connectivity index (χ0) is 14.5. The molecule has 0 aliphatic heterocycles. The predicted octanol–water partition coefficient (Wildman–Crippen LogP) is 4.20. The summed E-state index contributed by atoms with van der Waals surface area (Å²) in [6.07, 6.45) is 0.295. The summed E-state index contributed by atoms with van der Waals surface area (Å²) >= 11 is 0. The lowest BCUT2D eigenvalue weighted by Gasteiger charge is -2.28. The van der Waals surface area contributed by atoms with Gasteiger partial charge in [0.15, 0.2) is 0 Å². The number of hydrogen-bond donors (Lipinski definition) is 1. The first kappa shape index (κ1) is 16.2. The van der Waals surface area contributed by atoms with E-state index in [9.17, 15) is 5.11 Å². The zero-order valence-corrected chi connectivity index (χ0v) is 12.9. The highest BCUT2D eigenvalue weighted by Gasteiger charge is 2.25. The SMILES string of the molecule is CC(C)C(OCCC(C)(C)C)C(O)c1ccccc1. The molecular formula is C17H28O2. The second-order valence-electron chi connectivity index (χ2n) is 6.75. The first-order valence-electron chi connectivity index (χ1n) is 7.16. The Bertz CT molecular complexity index is 351. The van der Waals surface area contributed by atoms with Crippen LogP contribution in [0.25, 0.3) is 0 Å². The number of aliphatic hydroxyl groups is 1. The number of ether oxygens (including phenoxy) is 1. The van der Waals surface area contributed by atoms with Crippen molar-refractivity contribution in [2.75, 3.05) is 6.61 Å². The Morgan fingerprint density at radius 1 is 1.11 bits per heavy atom. The molecule has 0 radical (unpaired) electrons. The van der Waals surface area contributed by atoms with Gasteiger partial charge in [-0.05, 0) is 23.3 Å². The summed E-state index contributed by atoms with van der Waals surface area (Å²) < 4.78 is 5.95. The van der Waals surface area contributed by atoms with Crippen LogP contribution >= 0.6 is 0 Å².